The third kappa shape index (κ3) is 3.92. The Labute approximate surface area is 141 Å². The Hall–Kier alpha value is -1.96. The monoisotopic (exact) mass is 364 g/mol. The number of nitrogens with zero attached hydrogens (tertiary/aromatic N) is 1. The molecule has 2 rings (SSSR count). The molecule has 2 N–H and O–H groups in total. The topological polar surface area (TPSA) is 69.6 Å². The van der Waals surface area contributed by atoms with Crippen molar-refractivity contribution in [3.63, 3.8) is 0 Å². The molecule has 2 amide bonds. The molecule has 0 radical (unpaired) electrons. The van der Waals surface area contributed by atoms with Gasteiger partial charge in [-0.05, 0) is 18.6 Å². The zero-order chi connectivity index (χ0) is 18.1. The molecule has 1 fully saturated rings. The van der Waals surface area contributed by atoms with Crippen molar-refractivity contribution >= 4 is 23.6 Å². The molecule has 0 saturated carbocycles. The van der Waals surface area contributed by atoms with Crippen LogP contribution in [0.5, 0.6) is 0 Å². The minimum atomic E-state index is -4.67. The maximum Gasteiger partial charge on any atom is 0.394 e. The molecule has 1 aromatic carbocycles. The fourth-order valence-electron chi connectivity index (χ4n) is 2.73. The molecule has 9 heteroatoms. The molecule has 0 aromatic heterocycles. The van der Waals surface area contributed by atoms with E-state index in [2.05, 4.69) is 5.32 Å². The maximum absolute atomic E-state index is 12.9. The highest BCUT2D eigenvalue weighted by Gasteiger charge is 2.53. The summed E-state index contributed by atoms with van der Waals surface area (Å²) >= 11 is 6.02. The van der Waals surface area contributed by atoms with Gasteiger partial charge < -0.3 is 15.3 Å². The molecule has 3 atom stereocenters. The van der Waals surface area contributed by atoms with Gasteiger partial charge in [0.2, 0.25) is 0 Å². The van der Waals surface area contributed by atoms with Gasteiger partial charge in [0, 0.05) is 18.1 Å². The van der Waals surface area contributed by atoms with E-state index in [1.165, 1.54) is 0 Å². The van der Waals surface area contributed by atoms with Crippen LogP contribution in [0.15, 0.2) is 24.3 Å². The number of amides is 2. The Balaban J connectivity index is 2.08. The number of carboxylic acids is 1. The average molecular weight is 365 g/mol. The number of hydrogen-bond donors (Lipinski definition) is 2. The van der Waals surface area contributed by atoms with Gasteiger partial charge in [0.25, 0.3) is 0 Å². The predicted molar refractivity (Wildman–Crippen MR) is 80.6 cm³/mol. The molecular formula is C15H16ClF3N2O3. The second-order valence-electron chi connectivity index (χ2n) is 5.69. The quantitative estimate of drug-likeness (QED) is 0.864. The van der Waals surface area contributed by atoms with Gasteiger partial charge in [-0.3, -0.25) is 4.79 Å². The van der Waals surface area contributed by atoms with Crippen molar-refractivity contribution in [2.75, 3.05) is 13.1 Å². The lowest BCUT2D eigenvalue weighted by molar-refractivity contribution is -0.187. The lowest BCUT2D eigenvalue weighted by atomic mass is 9.96. The summed E-state index contributed by atoms with van der Waals surface area (Å²) in [5.74, 6) is -5.30. The van der Waals surface area contributed by atoms with Crippen molar-refractivity contribution in [3.05, 3.63) is 34.9 Å². The average Bonchev–Trinajstić information content (AvgIpc) is 2.93. The van der Waals surface area contributed by atoms with Crippen LogP contribution < -0.4 is 5.32 Å². The minimum absolute atomic E-state index is 0.420. The van der Waals surface area contributed by atoms with Crippen LogP contribution in [0.3, 0.4) is 0 Å². The molecule has 5 nitrogen and oxygen atoms in total. The lowest BCUT2D eigenvalue weighted by Gasteiger charge is -2.22. The van der Waals surface area contributed by atoms with Crippen LogP contribution >= 0.6 is 11.6 Å². The van der Waals surface area contributed by atoms with E-state index in [4.69, 9.17) is 16.7 Å². The first-order valence-electron chi connectivity index (χ1n) is 7.20. The van der Waals surface area contributed by atoms with Crippen LogP contribution in [-0.4, -0.2) is 41.3 Å². The van der Waals surface area contributed by atoms with E-state index in [9.17, 15) is 22.8 Å². The standard InChI is InChI=1S/C15H16ClF3N2O3/c1-8(9-4-2-3-5-12(9)16)20-14(24)21-6-10(13(22)23)11(7-21)15(17,18)19/h2-5,8,10-11H,6-7H2,1H3,(H,20,24)(H,22,23)/t8-,10+,11+/m0/s1. The molecule has 1 saturated heterocycles. The van der Waals surface area contributed by atoms with Gasteiger partial charge >= 0.3 is 18.2 Å². The molecule has 24 heavy (non-hydrogen) atoms. The summed E-state index contributed by atoms with van der Waals surface area (Å²) < 4.78 is 38.8. The van der Waals surface area contributed by atoms with Crippen LogP contribution in [0.25, 0.3) is 0 Å². The van der Waals surface area contributed by atoms with E-state index >= 15 is 0 Å². The fraction of sp³-hybridized carbons (Fsp3) is 0.467. The molecule has 1 aromatic rings. The third-order valence-electron chi connectivity index (χ3n) is 4.06. The molecular weight excluding hydrogens is 349 g/mol. The highest BCUT2D eigenvalue weighted by atomic mass is 35.5. The number of rotatable bonds is 3. The van der Waals surface area contributed by atoms with Crippen molar-refractivity contribution in [2.45, 2.75) is 19.1 Å². The van der Waals surface area contributed by atoms with E-state index in [1.54, 1.807) is 31.2 Å². The number of carbonyl (C=O) groups is 2. The summed E-state index contributed by atoms with van der Waals surface area (Å²) in [6.07, 6.45) is -4.67. The van der Waals surface area contributed by atoms with E-state index in [0.29, 0.717) is 10.6 Å². The van der Waals surface area contributed by atoms with E-state index in [1.807, 2.05) is 0 Å². The molecule has 1 aliphatic heterocycles. The molecule has 132 valence electrons. The van der Waals surface area contributed by atoms with Gasteiger partial charge in [0.1, 0.15) is 0 Å². The van der Waals surface area contributed by atoms with Crippen LogP contribution in [-0.2, 0) is 4.79 Å². The summed E-state index contributed by atoms with van der Waals surface area (Å²) in [7, 11) is 0. The number of benzene rings is 1. The number of likely N-dealkylation sites (tertiary alicyclic amines) is 1. The van der Waals surface area contributed by atoms with Crippen LogP contribution in [0.2, 0.25) is 5.02 Å². The van der Waals surface area contributed by atoms with Gasteiger partial charge in [-0.2, -0.15) is 13.2 Å². The summed E-state index contributed by atoms with van der Waals surface area (Å²) in [4.78, 5) is 24.1. The molecule has 1 heterocycles. The van der Waals surface area contributed by atoms with Crippen molar-refractivity contribution in [2.24, 2.45) is 11.8 Å². The largest absolute Gasteiger partial charge is 0.481 e. The van der Waals surface area contributed by atoms with Gasteiger partial charge in [0.15, 0.2) is 0 Å². The van der Waals surface area contributed by atoms with Crippen molar-refractivity contribution in [1.82, 2.24) is 10.2 Å². The van der Waals surface area contributed by atoms with E-state index in [-0.39, 0.29) is 0 Å². The smallest absolute Gasteiger partial charge is 0.394 e. The number of halogens is 4. The van der Waals surface area contributed by atoms with Gasteiger partial charge in [-0.1, -0.05) is 29.8 Å². The summed E-state index contributed by atoms with van der Waals surface area (Å²) in [6.45, 7) is 0.479. The van der Waals surface area contributed by atoms with E-state index in [0.717, 1.165) is 4.90 Å². The molecule has 0 aliphatic carbocycles. The second kappa shape index (κ2) is 6.88. The Morgan fingerprint density at radius 1 is 1.33 bits per heavy atom. The first kappa shape index (κ1) is 18.4. The highest BCUT2D eigenvalue weighted by Crippen LogP contribution is 2.37. The molecule has 0 bridgehead atoms. The van der Waals surface area contributed by atoms with Crippen molar-refractivity contribution in [1.29, 1.82) is 0 Å². The third-order valence-corrected chi connectivity index (χ3v) is 4.40. The van der Waals surface area contributed by atoms with Gasteiger partial charge in [-0.25, -0.2) is 4.79 Å². The van der Waals surface area contributed by atoms with Crippen LogP contribution in [0, 0.1) is 11.8 Å². The number of carboxylic acid groups (broad SMARTS) is 1. The first-order valence-corrected chi connectivity index (χ1v) is 7.58. The van der Waals surface area contributed by atoms with Crippen molar-refractivity contribution in [3.8, 4) is 0 Å². The first-order chi connectivity index (χ1) is 11.1. The summed E-state index contributed by atoms with van der Waals surface area (Å²) in [5, 5.41) is 11.9. The maximum atomic E-state index is 12.9. The number of aliphatic carboxylic acids is 1. The SMILES string of the molecule is C[C@H](NC(=O)N1C[C@@H](C(F)(F)F)[C@H](C(=O)O)C1)c1ccccc1Cl. The summed E-state index contributed by atoms with van der Waals surface area (Å²) in [6, 6.07) is 5.48. The van der Waals surface area contributed by atoms with Gasteiger partial charge in [0.05, 0.1) is 17.9 Å². The van der Waals surface area contributed by atoms with Crippen LogP contribution in [0.1, 0.15) is 18.5 Å². The Morgan fingerprint density at radius 3 is 2.46 bits per heavy atom. The number of alkyl halides is 3. The highest BCUT2D eigenvalue weighted by molar-refractivity contribution is 6.31. The Morgan fingerprint density at radius 2 is 1.96 bits per heavy atom. The lowest BCUT2D eigenvalue weighted by Crippen LogP contribution is -2.40. The number of carbonyl (C=O) groups excluding carboxylic acids is 1. The predicted octanol–water partition coefficient (Wildman–Crippen LogP) is 3.31. The van der Waals surface area contributed by atoms with Crippen LogP contribution in [0.4, 0.5) is 18.0 Å². The number of hydrogen-bond acceptors (Lipinski definition) is 2. The normalized spacial score (nSPS) is 22.3. The molecule has 1 aliphatic rings. The molecule has 0 unspecified atom stereocenters. The Bertz CT molecular complexity index is 639. The molecule has 0 spiro atoms. The minimum Gasteiger partial charge on any atom is -0.481 e. The second-order valence-corrected chi connectivity index (χ2v) is 6.10. The number of urea groups is 1. The Kier molecular flexibility index (Phi) is 5.27. The zero-order valence-electron chi connectivity index (χ0n) is 12.7. The van der Waals surface area contributed by atoms with Gasteiger partial charge in [-0.15, -0.1) is 0 Å². The zero-order valence-corrected chi connectivity index (χ0v) is 13.4. The number of nitrogens with one attached hydrogen (secondary N) is 1. The van der Waals surface area contributed by atoms with Crippen molar-refractivity contribution < 1.29 is 27.9 Å². The summed E-state index contributed by atoms with van der Waals surface area (Å²) in [5.41, 5.74) is 0.619. The fourth-order valence-corrected chi connectivity index (χ4v) is 3.03. The van der Waals surface area contributed by atoms with E-state index < -0.39 is 49.1 Å².